The third-order valence-corrected chi connectivity index (χ3v) is 7.44. The summed E-state index contributed by atoms with van der Waals surface area (Å²) in [6.07, 6.45) is 6.26. The molecular formula is C20H23ClN4O3S. The van der Waals surface area contributed by atoms with Gasteiger partial charge < -0.3 is 10.6 Å². The van der Waals surface area contributed by atoms with Gasteiger partial charge in [0.2, 0.25) is 10.0 Å². The summed E-state index contributed by atoms with van der Waals surface area (Å²) in [6, 6.07) is 10.4. The van der Waals surface area contributed by atoms with E-state index in [1.54, 1.807) is 24.4 Å². The molecule has 0 atom stereocenters. The highest BCUT2D eigenvalue weighted by molar-refractivity contribution is 7.89. The van der Waals surface area contributed by atoms with E-state index < -0.39 is 10.0 Å². The summed E-state index contributed by atoms with van der Waals surface area (Å²) in [5.41, 5.74) is 1.13. The van der Waals surface area contributed by atoms with E-state index in [9.17, 15) is 13.2 Å². The molecule has 0 radical (unpaired) electrons. The van der Waals surface area contributed by atoms with E-state index in [1.807, 2.05) is 12.1 Å². The maximum atomic E-state index is 12.3. The van der Waals surface area contributed by atoms with Gasteiger partial charge in [-0.2, -0.15) is 0 Å². The average molecular weight is 435 g/mol. The Labute approximate surface area is 175 Å². The van der Waals surface area contributed by atoms with Crippen molar-refractivity contribution in [3.63, 3.8) is 0 Å². The highest BCUT2D eigenvalue weighted by Crippen LogP contribution is 2.56. The summed E-state index contributed by atoms with van der Waals surface area (Å²) in [5, 5.41) is 6.50. The lowest BCUT2D eigenvalue weighted by Crippen LogP contribution is -2.61. The SMILES string of the molecule is O=C(NCc1ccc(Cl)cc1)NC1CC2(C1)CC(NS(=O)(=O)c1cccnc1)C2. The lowest BCUT2D eigenvalue weighted by Gasteiger charge is -2.57. The molecule has 154 valence electrons. The Morgan fingerprint density at radius 2 is 1.79 bits per heavy atom. The van der Waals surface area contributed by atoms with E-state index in [1.165, 1.54) is 12.3 Å². The van der Waals surface area contributed by atoms with E-state index in [0.29, 0.717) is 11.6 Å². The van der Waals surface area contributed by atoms with Gasteiger partial charge in [-0.25, -0.2) is 17.9 Å². The van der Waals surface area contributed by atoms with E-state index in [0.717, 1.165) is 31.2 Å². The number of carbonyl (C=O) groups is 1. The monoisotopic (exact) mass is 434 g/mol. The molecule has 2 aromatic rings. The van der Waals surface area contributed by atoms with E-state index in [4.69, 9.17) is 11.6 Å². The van der Waals surface area contributed by atoms with Crippen molar-refractivity contribution < 1.29 is 13.2 Å². The van der Waals surface area contributed by atoms with Crippen molar-refractivity contribution in [1.29, 1.82) is 0 Å². The van der Waals surface area contributed by atoms with Gasteiger partial charge in [-0.3, -0.25) is 4.98 Å². The number of hydrogen-bond donors (Lipinski definition) is 3. The van der Waals surface area contributed by atoms with Gasteiger partial charge in [0.25, 0.3) is 0 Å². The molecule has 0 saturated heterocycles. The summed E-state index contributed by atoms with van der Waals surface area (Å²) in [5.74, 6) is 0. The topological polar surface area (TPSA) is 100 Å². The van der Waals surface area contributed by atoms with Gasteiger partial charge >= 0.3 is 6.03 Å². The second-order valence-corrected chi connectivity index (χ2v) is 10.1. The van der Waals surface area contributed by atoms with Gasteiger partial charge in [0.1, 0.15) is 4.90 Å². The number of hydrogen-bond acceptors (Lipinski definition) is 4. The number of halogens is 1. The van der Waals surface area contributed by atoms with Gasteiger partial charge in [-0.1, -0.05) is 23.7 Å². The number of urea groups is 1. The Bertz CT molecular complexity index is 969. The van der Waals surface area contributed by atoms with Crippen LogP contribution in [0.1, 0.15) is 31.2 Å². The first kappa shape index (κ1) is 20.1. The third kappa shape index (κ3) is 4.71. The molecule has 29 heavy (non-hydrogen) atoms. The first-order valence-corrected chi connectivity index (χ1v) is 11.4. The van der Waals surface area contributed by atoms with Crippen LogP contribution >= 0.6 is 11.6 Å². The number of sulfonamides is 1. The van der Waals surface area contributed by atoms with Crippen LogP contribution in [0.2, 0.25) is 5.02 Å². The molecule has 1 aromatic carbocycles. The number of amides is 2. The standard InChI is InChI=1S/C20H23ClN4O3S/c21-15-5-3-14(4-6-15)12-23-19(26)24-16-8-20(9-16)10-17(11-20)25-29(27,28)18-2-1-7-22-13-18/h1-7,13,16-17,25H,8-12H2,(H2,23,24,26). The van der Waals surface area contributed by atoms with Gasteiger partial charge in [-0.15, -0.1) is 0 Å². The van der Waals surface area contributed by atoms with Crippen molar-refractivity contribution in [2.45, 2.75) is 49.2 Å². The van der Waals surface area contributed by atoms with Gasteiger partial charge in [0.05, 0.1) is 0 Å². The molecule has 7 nitrogen and oxygen atoms in total. The van der Waals surface area contributed by atoms with Crippen LogP contribution in [-0.2, 0) is 16.6 Å². The average Bonchev–Trinajstić information content (AvgIpc) is 2.65. The summed E-state index contributed by atoms with van der Waals surface area (Å²) >= 11 is 5.85. The van der Waals surface area contributed by atoms with Crippen LogP contribution in [0.15, 0.2) is 53.7 Å². The zero-order chi connectivity index (χ0) is 20.5. The normalized spacial score (nSPS) is 25.7. The smallest absolute Gasteiger partial charge is 0.315 e. The molecule has 2 aliphatic carbocycles. The van der Waals surface area contributed by atoms with Crippen LogP contribution in [-0.4, -0.2) is 31.5 Å². The summed E-state index contributed by atoms with van der Waals surface area (Å²) in [4.78, 5) is 16.1. The van der Waals surface area contributed by atoms with Crippen LogP contribution in [0.4, 0.5) is 4.79 Å². The summed E-state index contributed by atoms with van der Waals surface area (Å²) in [6.45, 7) is 0.444. The van der Waals surface area contributed by atoms with Gasteiger partial charge in [0, 0.05) is 36.0 Å². The van der Waals surface area contributed by atoms with E-state index in [-0.39, 0.29) is 28.4 Å². The predicted octanol–water partition coefficient (Wildman–Crippen LogP) is 2.82. The molecular weight excluding hydrogens is 412 g/mol. The molecule has 0 aliphatic heterocycles. The number of aromatic nitrogens is 1. The maximum Gasteiger partial charge on any atom is 0.315 e. The van der Waals surface area contributed by atoms with Crippen LogP contribution in [0.25, 0.3) is 0 Å². The molecule has 3 N–H and O–H groups in total. The fourth-order valence-electron chi connectivity index (χ4n) is 4.30. The van der Waals surface area contributed by atoms with Crippen molar-refractivity contribution in [2.75, 3.05) is 0 Å². The van der Waals surface area contributed by atoms with Gasteiger partial charge in [0.15, 0.2) is 0 Å². The maximum absolute atomic E-state index is 12.3. The zero-order valence-electron chi connectivity index (χ0n) is 15.8. The largest absolute Gasteiger partial charge is 0.335 e. The number of rotatable bonds is 6. The minimum absolute atomic E-state index is 0.0557. The predicted molar refractivity (Wildman–Crippen MR) is 110 cm³/mol. The molecule has 0 bridgehead atoms. The molecule has 0 unspecified atom stereocenters. The molecule has 1 spiro atoms. The Kier molecular flexibility index (Phi) is 5.50. The molecule has 2 fully saturated rings. The minimum Gasteiger partial charge on any atom is -0.335 e. The number of nitrogens with zero attached hydrogens (tertiary/aromatic N) is 1. The highest BCUT2D eigenvalue weighted by Gasteiger charge is 2.53. The molecule has 9 heteroatoms. The fourth-order valence-corrected chi connectivity index (χ4v) is 5.63. The molecule has 2 amide bonds. The summed E-state index contributed by atoms with van der Waals surface area (Å²) in [7, 11) is -3.52. The molecule has 2 saturated carbocycles. The second-order valence-electron chi connectivity index (χ2n) is 7.97. The van der Waals surface area contributed by atoms with Crippen molar-refractivity contribution >= 4 is 27.7 Å². The highest BCUT2D eigenvalue weighted by atomic mass is 35.5. The van der Waals surface area contributed by atoms with Crippen LogP contribution in [0.5, 0.6) is 0 Å². The Morgan fingerprint density at radius 1 is 1.10 bits per heavy atom. The molecule has 2 aliphatic rings. The number of benzene rings is 1. The quantitative estimate of drug-likeness (QED) is 0.650. The lowest BCUT2D eigenvalue weighted by molar-refractivity contribution is -0.0188. The third-order valence-electron chi connectivity index (χ3n) is 5.69. The first-order chi connectivity index (χ1) is 13.8. The summed E-state index contributed by atoms with van der Waals surface area (Å²) < 4.78 is 27.4. The number of carbonyl (C=O) groups excluding carboxylic acids is 1. The van der Waals surface area contributed by atoms with E-state index in [2.05, 4.69) is 20.3 Å². The molecule has 4 rings (SSSR count). The van der Waals surface area contributed by atoms with Crippen LogP contribution in [0.3, 0.4) is 0 Å². The van der Waals surface area contributed by atoms with Crippen molar-refractivity contribution in [1.82, 2.24) is 20.3 Å². The van der Waals surface area contributed by atoms with Crippen molar-refractivity contribution in [3.8, 4) is 0 Å². The number of nitrogens with one attached hydrogen (secondary N) is 3. The Morgan fingerprint density at radius 3 is 2.45 bits per heavy atom. The fraction of sp³-hybridized carbons (Fsp3) is 0.400. The number of pyridine rings is 1. The van der Waals surface area contributed by atoms with Crippen LogP contribution in [0, 0.1) is 5.41 Å². The molecule has 1 heterocycles. The van der Waals surface area contributed by atoms with Gasteiger partial charge in [-0.05, 0) is 60.9 Å². The first-order valence-electron chi connectivity index (χ1n) is 9.55. The zero-order valence-corrected chi connectivity index (χ0v) is 17.3. The van der Waals surface area contributed by atoms with Crippen molar-refractivity contribution in [2.24, 2.45) is 5.41 Å². The van der Waals surface area contributed by atoms with Crippen molar-refractivity contribution in [3.05, 3.63) is 59.4 Å². The Balaban J connectivity index is 1.17. The minimum atomic E-state index is -3.52. The Hall–Kier alpha value is -2.16. The lowest BCUT2D eigenvalue weighted by atomic mass is 9.52. The second kappa shape index (κ2) is 7.93. The molecule has 1 aromatic heterocycles. The van der Waals surface area contributed by atoms with E-state index >= 15 is 0 Å². The van der Waals surface area contributed by atoms with Crippen LogP contribution < -0.4 is 15.4 Å².